The van der Waals surface area contributed by atoms with Crippen molar-refractivity contribution in [2.24, 2.45) is 0 Å². The average Bonchev–Trinajstić information content (AvgIpc) is 3.26. The fraction of sp³-hybridized carbons (Fsp3) is 0.308. The molecule has 0 saturated carbocycles. The van der Waals surface area contributed by atoms with Gasteiger partial charge in [-0.05, 0) is 24.3 Å². The van der Waals surface area contributed by atoms with Gasteiger partial charge in [-0.25, -0.2) is 14.2 Å². The van der Waals surface area contributed by atoms with Crippen LogP contribution in [0.5, 0.6) is 0 Å². The number of β-amino-alcohol motifs (C(OH)–C–C–N with tert-alkyl or cyclic N) is 1. The second-order valence-corrected chi connectivity index (χ2v) is 9.02. The fourth-order valence-corrected chi connectivity index (χ4v) is 4.46. The van der Waals surface area contributed by atoms with Crippen LogP contribution in [0.2, 0.25) is 0 Å². The molecular weight excluding hydrogens is 472 g/mol. The fourth-order valence-electron chi connectivity index (χ4n) is 4.46. The van der Waals surface area contributed by atoms with Crippen LogP contribution in [-0.2, 0) is 4.79 Å². The number of carbonyl (C=O) groups is 1. The summed E-state index contributed by atoms with van der Waals surface area (Å²) in [5, 5.41) is 16.3. The number of carbonyl (C=O) groups excluding carboxylic acids is 1. The highest BCUT2D eigenvalue weighted by Gasteiger charge is 2.17. The molecule has 11 heteroatoms. The molecule has 1 aliphatic rings. The van der Waals surface area contributed by atoms with Gasteiger partial charge in [-0.15, -0.1) is 5.10 Å². The number of nitrogen functional groups attached to an aromatic ring is 1. The van der Waals surface area contributed by atoms with Crippen LogP contribution in [0.25, 0.3) is 22.6 Å². The summed E-state index contributed by atoms with van der Waals surface area (Å²) in [5.41, 5.74) is 8.70. The largest absolute Gasteiger partial charge is 0.395 e. The number of aliphatic hydroxyl groups is 1. The van der Waals surface area contributed by atoms with Gasteiger partial charge < -0.3 is 21.1 Å². The van der Waals surface area contributed by atoms with Crippen LogP contribution in [0.15, 0.2) is 65.6 Å². The topological polar surface area (TPSA) is 134 Å². The number of fused-ring (bicyclic) bond motifs is 1. The quantitative estimate of drug-likeness (QED) is 0.326. The van der Waals surface area contributed by atoms with E-state index in [1.54, 1.807) is 30.5 Å². The Morgan fingerprint density at radius 2 is 1.65 bits per heavy atom. The molecule has 3 heterocycles. The third kappa shape index (κ3) is 5.53. The maximum absolute atomic E-state index is 13.0. The summed E-state index contributed by atoms with van der Waals surface area (Å²) in [6, 6.07) is 16.4. The van der Waals surface area contributed by atoms with Crippen molar-refractivity contribution in [3.8, 4) is 16.9 Å². The van der Waals surface area contributed by atoms with Gasteiger partial charge in [-0.3, -0.25) is 9.69 Å². The van der Waals surface area contributed by atoms with Gasteiger partial charge >= 0.3 is 5.69 Å². The Hall–Kier alpha value is -4.06. The van der Waals surface area contributed by atoms with Crippen LogP contribution in [0.4, 0.5) is 11.5 Å². The highest BCUT2D eigenvalue weighted by molar-refractivity contribution is 5.91. The van der Waals surface area contributed by atoms with Gasteiger partial charge in [0.15, 0.2) is 5.82 Å². The van der Waals surface area contributed by atoms with Crippen LogP contribution in [0, 0.1) is 0 Å². The number of aromatic nitrogens is 4. The highest BCUT2D eigenvalue weighted by atomic mass is 16.3. The molecule has 1 amide bonds. The molecule has 1 fully saturated rings. The molecule has 5 rings (SSSR count). The third-order valence-electron chi connectivity index (χ3n) is 6.53. The van der Waals surface area contributed by atoms with Crippen molar-refractivity contribution < 1.29 is 9.90 Å². The molecule has 1 saturated heterocycles. The van der Waals surface area contributed by atoms with Gasteiger partial charge in [0.25, 0.3) is 0 Å². The van der Waals surface area contributed by atoms with Gasteiger partial charge in [0.2, 0.25) is 11.6 Å². The first kappa shape index (κ1) is 24.6. The number of para-hydroxylation sites is 1. The smallest absolute Gasteiger partial charge is 0.355 e. The molecular formula is C26H30N8O3. The zero-order valence-corrected chi connectivity index (χ0v) is 20.5. The van der Waals surface area contributed by atoms with E-state index in [9.17, 15) is 9.59 Å². The first-order valence-electron chi connectivity index (χ1n) is 12.3. The van der Waals surface area contributed by atoms with E-state index in [0.29, 0.717) is 36.6 Å². The van der Waals surface area contributed by atoms with E-state index < -0.39 is 0 Å². The number of amides is 1. The van der Waals surface area contributed by atoms with Crippen molar-refractivity contribution in [2.45, 2.75) is 6.42 Å². The Morgan fingerprint density at radius 3 is 2.32 bits per heavy atom. The van der Waals surface area contributed by atoms with E-state index in [1.807, 2.05) is 30.3 Å². The van der Waals surface area contributed by atoms with Crippen LogP contribution in [0.3, 0.4) is 0 Å². The van der Waals surface area contributed by atoms with Crippen LogP contribution < -0.4 is 16.7 Å². The summed E-state index contributed by atoms with van der Waals surface area (Å²) in [6.07, 6.45) is 2.03. The molecule has 0 aliphatic carbocycles. The molecule has 0 spiro atoms. The van der Waals surface area contributed by atoms with E-state index >= 15 is 0 Å². The monoisotopic (exact) mass is 502 g/mol. The minimum atomic E-state index is -0.338. The molecule has 4 N–H and O–H groups in total. The number of anilines is 2. The minimum Gasteiger partial charge on any atom is -0.395 e. The Morgan fingerprint density at radius 1 is 0.973 bits per heavy atom. The predicted molar refractivity (Wildman–Crippen MR) is 142 cm³/mol. The zero-order chi connectivity index (χ0) is 25.8. The summed E-state index contributed by atoms with van der Waals surface area (Å²) in [6.45, 7) is 5.20. The lowest BCUT2D eigenvalue weighted by molar-refractivity contribution is -0.116. The highest BCUT2D eigenvalue weighted by Crippen LogP contribution is 2.22. The standard InChI is InChI=1S/C26H30N8O3/c27-24-25-30-34(21-4-2-1-3-5-21)26(37)33(25)18-22(29-24)19-6-8-20(9-7-19)28-23(36)10-11-31-12-14-32(15-13-31)16-17-35/h1-9,18,35H,10-17H2,(H2,27,29)(H,28,36). The summed E-state index contributed by atoms with van der Waals surface area (Å²) < 4.78 is 2.69. The molecule has 2 aromatic carbocycles. The summed E-state index contributed by atoms with van der Waals surface area (Å²) in [4.78, 5) is 34.4. The Balaban J connectivity index is 1.23. The first-order chi connectivity index (χ1) is 18.0. The molecule has 0 unspecified atom stereocenters. The molecule has 4 aromatic rings. The van der Waals surface area contributed by atoms with Crippen molar-refractivity contribution in [2.75, 3.05) is 56.9 Å². The van der Waals surface area contributed by atoms with Gasteiger partial charge in [-0.1, -0.05) is 30.3 Å². The summed E-state index contributed by atoms with van der Waals surface area (Å²) in [7, 11) is 0. The molecule has 37 heavy (non-hydrogen) atoms. The van der Waals surface area contributed by atoms with Crippen LogP contribution >= 0.6 is 0 Å². The SMILES string of the molecule is Nc1nc(-c2ccc(NC(=O)CCN3CCN(CCO)CC3)cc2)cn2c(=O)n(-c3ccccc3)nc12. The van der Waals surface area contributed by atoms with Crippen LogP contribution in [0.1, 0.15) is 6.42 Å². The van der Waals surface area contributed by atoms with Crippen molar-refractivity contribution in [1.29, 1.82) is 0 Å². The summed E-state index contributed by atoms with van der Waals surface area (Å²) in [5.74, 6) is 0.105. The molecule has 0 bridgehead atoms. The van der Waals surface area contributed by atoms with E-state index in [-0.39, 0.29) is 29.7 Å². The number of nitrogens with zero attached hydrogens (tertiary/aromatic N) is 6. The second kappa shape index (κ2) is 10.9. The van der Waals surface area contributed by atoms with Crippen molar-refractivity contribution in [1.82, 2.24) is 29.0 Å². The Labute approximate surface area is 213 Å². The number of piperazine rings is 1. The summed E-state index contributed by atoms with van der Waals surface area (Å²) >= 11 is 0. The van der Waals surface area contributed by atoms with Crippen molar-refractivity contribution in [3.63, 3.8) is 0 Å². The first-order valence-corrected chi connectivity index (χ1v) is 12.3. The molecule has 11 nitrogen and oxygen atoms in total. The number of rotatable bonds is 8. The molecule has 1 aliphatic heterocycles. The van der Waals surface area contributed by atoms with Gasteiger partial charge in [0.05, 0.1) is 18.0 Å². The second-order valence-electron chi connectivity index (χ2n) is 9.02. The Kier molecular flexibility index (Phi) is 7.26. The number of hydrogen-bond acceptors (Lipinski definition) is 8. The van der Waals surface area contributed by atoms with Crippen molar-refractivity contribution in [3.05, 3.63) is 71.3 Å². The number of aliphatic hydroxyl groups excluding tert-OH is 1. The molecule has 192 valence electrons. The van der Waals surface area contributed by atoms with Gasteiger partial charge in [0.1, 0.15) is 0 Å². The number of hydrogen-bond donors (Lipinski definition) is 3. The maximum Gasteiger partial charge on any atom is 0.355 e. The van der Waals surface area contributed by atoms with Gasteiger partial charge in [0, 0.05) is 63.1 Å². The zero-order valence-electron chi connectivity index (χ0n) is 20.5. The third-order valence-corrected chi connectivity index (χ3v) is 6.53. The van der Waals surface area contributed by atoms with E-state index in [4.69, 9.17) is 10.8 Å². The molecule has 0 radical (unpaired) electrons. The lowest BCUT2D eigenvalue weighted by Gasteiger charge is -2.34. The number of benzene rings is 2. The van der Waals surface area contributed by atoms with Crippen LogP contribution in [-0.4, -0.2) is 85.9 Å². The van der Waals surface area contributed by atoms with E-state index in [2.05, 4.69) is 25.2 Å². The number of nitrogens with two attached hydrogens (primary N) is 1. The lowest BCUT2D eigenvalue weighted by Crippen LogP contribution is -2.47. The van der Waals surface area contributed by atoms with Gasteiger partial charge in [-0.2, -0.15) is 4.68 Å². The average molecular weight is 503 g/mol. The van der Waals surface area contributed by atoms with E-state index in [1.165, 1.54) is 9.08 Å². The molecule has 0 atom stereocenters. The molecule has 2 aromatic heterocycles. The number of nitrogens with one attached hydrogen (secondary N) is 1. The normalized spacial score (nSPS) is 14.7. The van der Waals surface area contributed by atoms with Crippen molar-refractivity contribution >= 4 is 23.1 Å². The maximum atomic E-state index is 13.0. The minimum absolute atomic E-state index is 0.0470. The van der Waals surface area contributed by atoms with E-state index in [0.717, 1.165) is 31.7 Å². The lowest BCUT2D eigenvalue weighted by atomic mass is 10.1. The Bertz CT molecular complexity index is 1420. The predicted octanol–water partition coefficient (Wildman–Crippen LogP) is 1.07.